The minimum atomic E-state index is -0.226. The number of hydrogen-bond acceptors (Lipinski definition) is 2. The van der Waals surface area contributed by atoms with Gasteiger partial charge in [-0.1, -0.05) is 41.9 Å². The first-order chi connectivity index (χ1) is 9.24. The molecule has 1 atom stereocenters. The minimum Gasteiger partial charge on any atom is -0.490 e. The first-order valence-corrected chi connectivity index (χ1v) is 6.88. The second-order valence-corrected chi connectivity index (χ2v) is 5.30. The van der Waals surface area contributed by atoms with Crippen LogP contribution in [-0.4, -0.2) is 6.10 Å². The lowest BCUT2D eigenvalue weighted by atomic mass is 9.99. The van der Waals surface area contributed by atoms with Gasteiger partial charge in [0.1, 0.15) is 5.75 Å². The van der Waals surface area contributed by atoms with E-state index in [2.05, 4.69) is 0 Å². The largest absolute Gasteiger partial charge is 0.490 e. The van der Waals surface area contributed by atoms with Crippen LogP contribution in [0.4, 0.5) is 0 Å². The Bertz CT molecular complexity index is 580. The van der Waals surface area contributed by atoms with E-state index in [4.69, 9.17) is 22.1 Å². The van der Waals surface area contributed by atoms with Crippen LogP contribution in [0.1, 0.15) is 30.0 Å². The van der Waals surface area contributed by atoms with Gasteiger partial charge in [0.2, 0.25) is 0 Å². The lowest BCUT2D eigenvalue weighted by molar-refractivity contribution is 0.303. The van der Waals surface area contributed by atoms with Crippen LogP contribution in [0.15, 0.2) is 48.5 Å². The topological polar surface area (TPSA) is 35.2 Å². The van der Waals surface area contributed by atoms with Crippen LogP contribution in [0.5, 0.6) is 5.75 Å². The van der Waals surface area contributed by atoms with Gasteiger partial charge in [-0.15, -0.1) is 0 Å². The molecule has 0 bridgehead atoms. The Labute approximate surface area is 118 Å². The Morgan fingerprint density at radius 1 is 1.11 bits per heavy atom. The summed E-state index contributed by atoms with van der Waals surface area (Å²) >= 11 is 6.19. The van der Waals surface area contributed by atoms with Crippen molar-refractivity contribution in [1.29, 1.82) is 0 Å². The van der Waals surface area contributed by atoms with Crippen molar-refractivity contribution in [3.8, 4) is 5.75 Å². The second kappa shape index (κ2) is 5.24. The molecule has 0 aromatic heterocycles. The van der Waals surface area contributed by atoms with Crippen LogP contribution in [-0.2, 0) is 0 Å². The highest BCUT2D eigenvalue weighted by Gasteiger charge is 2.23. The molecule has 98 valence electrons. The lowest BCUT2D eigenvalue weighted by Gasteiger charge is -2.15. The van der Waals surface area contributed by atoms with E-state index in [0.29, 0.717) is 11.1 Å². The average molecular weight is 274 g/mol. The molecule has 2 aromatic rings. The molecule has 2 N–H and O–H groups in total. The fourth-order valence-corrected chi connectivity index (χ4v) is 2.32. The van der Waals surface area contributed by atoms with Crippen molar-refractivity contribution in [2.75, 3.05) is 0 Å². The smallest absolute Gasteiger partial charge is 0.120 e. The molecule has 19 heavy (non-hydrogen) atoms. The van der Waals surface area contributed by atoms with E-state index in [1.54, 1.807) is 0 Å². The highest BCUT2D eigenvalue weighted by Crippen LogP contribution is 2.31. The molecule has 1 saturated carbocycles. The average Bonchev–Trinajstić information content (AvgIpc) is 3.23. The summed E-state index contributed by atoms with van der Waals surface area (Å²) in [5.41, 5.74) is 8.25. The second-order valence-electron chi connectivity index (χ2n) is 4.89. The van der Waals surface area contributed by atoms with Crippen LogP contribution in [0.25, 0.3) is 0 Å². The molecule has 3 heteroatoms. The monoisotopic (exact) mass is 273 g/mol. The molecule has 1 aliphatic carbocycles. The van der Waals surface area contributed by atoms with Crippen LogP contribution >= 0.6 is 11.6 Å². The summed E-state index contributed by atoms with van der Waals surface area (Å²) in [4.78, 5) is 0. The third kappa shape index (κ3) is 2.91. The summed E-state index contributed by atoms with van der Waals surface area (Å²) in [7, 11) is 0. The number of halogens is 1. The highest BCUT2D eigenvalue weighted by atomic mass is 35.5. The van der Waals surface area contributed by atoms with E-state index in [1.165, 1.54) is 0 Å². The molecule has 0 radical (unpaired) electrons. The van der Waals surface area contributed by atoms with Gasteiger partial charge >= 0.3 is 0 Å². The van der Waals surface area contributed by atoms with Crippen molar-refractivity contribution >= 4 is 11.6 Å². The van der Waals surface area contributed by atoms with Gasteiger partial charge in [-0.2, -0.15) is 0 Å². The zero-order valence-corrected chi connectivity index (χ0v) is 11.3. The van der Waals surface area contributed by atoms with E-state index in [0.717, 1.165) is 29.7 Å². The summed E-state index contributed by atoms with van der Waals surface area (Å²) in [6.45, 7) is 0. The molecule has 0 heterocycles. The van der Waals surface area contributed by atoms with Gasteiger partial charge in [0.25, 0.3) is 0 Å². The molecule has 3 rings (SSSR count). The maximum atomic E-state index is 6.29. The van der Waals surface area contributed by atoms with Crippen molar-refractivity contribution in [2.24, 2.45) is 5.73 Å². The van der Waals surface area contributed by atoms with E-state index in [1.807, 2.05) is 48.5 Å². The summed E-state index contributed by atoms with van der Waals surface area (Å²) in [6.07, 6.45) is 2.70. The number of hydrogen-bond donors (Lipinski definition) is 1. The van der Waals surface area contributed by atoms with Gasteiger partial charge in [-0.05, 0) is 42.2 Å². The van der Waals surface area contributed by atoms with Crippen LogP contribution < -0.4 is 10.5 Å². The van der Waals surface area contributed by atoms with Crippen molar-refractivity contribution < 1.29 is 4.74 Å². The van der Waals surface area contributed by atoms with Gasteiger partial charge < -0.3 is 10.5 Å². The van der Waals surface area contributed by atoms with Gasteiger partial charge in [0, 0.05) is 5.02 Å². The summed E-state index contributed by atoms with van der Waals surface area (Å²) in [5.74, 6) is 0.891. The molecule has 2 aromatic carbocycles. The Balaban J connectivity index is 1.86. The summed E-state index contributed by atoms with van der Waals surface area (Å²) < 4.78 is 5.79. The van der Waals surface area contributed by atoms with E-state index in [-0.39, 0.29) is 6.04 Å². The number of ether oxygens (including phenoxy) is 1. The van der Waals surface area contributed by atoms with Crippen molar-refractivity contribution in [1.82, 2.24) is 0 Å². The molecule has 0 saturated heterocycles. The Kier molecular flexibility index (Phi) is 3.45. The van der Waals surface area contributed by atoms with Gasteiger partial charge in [0.15, 0.2) is 0 Å². The molecule has 0 amide bonds. The standard InChI is InChI=1S/C16H16ClNO/c17-15-7-2-1-6-14(15)16(18)11-4-3-5-13(10-11)19-12-8-9-12/h1-7,10,12,16H,8-9,18H2. The highest BCUT2D eigenvalue weighted by molar-refractivity contribution is 6.31. The molecule has 1 unspecified atom stereocenters. The van der Waals surface area contributed by atoms with Crippen LogP contribution in [0, 0.1) is 0 Å². The minimum absolute atomic E-state index is 0.226. The molecular weight excluding hydrogens is 258 g/mol. The van der Waals surface area contributed by atoms with E-state index < -0.39 is 0 Å². The van der Waals surface area contributed by atoms with Gasteiger partial charge in [-0.25, -0.2) is 0 Å². The van der Waals surface area contributed by atoms with Crippen molar-refractivity contribution in [3.05, 3.63) is 64.7 Å². The van der Waals surface area contributed by atoms with Crippen LogP contribution in [0.2, 0.25) is 5.02 Å². The molecule has 0 spiro atoms. The number of benzene rings is 2. The zero-order valence-electron chi connectivity index (χ0n) is 10.6. The molecular formula is C16H16ClNO. The van der Waals surface area contributed by atoms with Gasteiger partial charge in [-0.3, -0.25) is 0 Å². The quantitative estimate of drug-likeness (QED) is 0.916. The zero-order chi connectivity index (χ0) is 13.2. The number of rotatable bonds is 4. The maximum Gasteiger partial charge on any atom is 0.120 e. The summed E-state index contributed by atoms with van der Waals surface area (Å²) in [5, 5.41) is 0.698. The Hall–Kier alpha value is -1.51. The normalized spacial score (nSPS) is 16.1. The Morgan fingerprint density at radius 2 is 1.89 bits per heavy atom. The van der Waals surface area contributed by atoms with Crippen molar-refractivity contribution in [3.63, 3.8) is 0 Å². The molecule has 0 aliphatic heterocycles. The lowest BCUT2D eigenvalue weighted by Crippen LogP contribution is -2.12. The number of nitrogens with two attached hydrogens (primary N) is 1. The third-order valence-electron chi connectivity index (χ3n) is 3.28. The van der Waals surface area contributed by atoms with E-state index in [9.17, 15) is 0 Å². The van der Waals surface area contributed by atoms with Crippen molar-refractivity contribution in [2.45, 2.75) is 25.0 Å². The first kappa shape index (κ1) is 12.5. The Morgan fingerprint density at radius 3 is 2.63 bits per heavy atom. The van der Waals surface area contributed by atoms with E-state index >= 15 is 0 Å². The molecule has 1 aliphatic rings. The summed E-state index contributed by atoms with van der Waals surface area (Å²) in [6, 6.07) is 15.4. The predicted molar refractivity (Wildman–Crippen MR) is 77.6 cm³/mol. The fraction of sp³-hybridized carbons (Fsp3) is 0.250. The predicted octanol–water partition coefficient (Wildman–Crippen LogP) is 3.93. The van der Waals surface area contributed by atoms with Crippen LogP contribution in [0.3, 0.4) is 0 Å². The first-order valence-electron chi connectivity index (χ1n) is 6.50. The SMILES string of the molecule is NC(c1cccc(OC2CC2)c1)c1ccccc1Cl. The third-order valence-corrected chi connectivity index (χ3v) is 3.63. The van der Waals surface area contributed by atoms with Gasteiger partial charge in [0.05, 0.1) is 12.1 Å². The molecule has 1 fully saturated rings. The molecule has 2 nitrogen and oxygen atoms in total. The fourth-order valence-electron chi connectivity index (χ4n) is 2.07. The maximum absolute atomic E-state index is 6.29.